The Kier molecular flexibility index (Phi) is 3.31. The molecule has 0 heterocycles. The van der Waals surface area contributed by atoms with Crippen LogP contribution in [0.1, 0.15) is 18.9 Å². The molecule has 1 rings (SSSR count). The van der Waals surface area contributed by atoms with Gasteiger partial charge in [0.1, 0.15) is 0 Å². The van der Waals surface area contributed by atoms with E-state index in [1.54, 1.807) is 31.2 Å². The minimum Gasteiger partial charge on any atom is -0.481 e. The summed E-state index contributed by atoms with van der Waals surface area (Å²) in [6, 6.07) is 6.93. The number of hydrogen-bond donors (Lipinski definition) is 3. The third-order valence-electron chi connectivity index (χ3n) is 2.64. The maximum absolute atomic E-state index is 11.2. The summed E-state index contributed by atoms with van der Waals surface area (Å²) in [4.78, 5) is 11.2. The zero-order chi connectivity index (χ0) is 11.5. The van der Waals surface area contributed by atoms with E-state index in [4.69, 9.17) is 11.5 Å². The molecule has 0 radical (unpaired) electrons. The average Bonchev–Trinajstić information content (AvgIpc) is 2.17. The van der Waals surface area contributed by atoms with Crippen molar-refractivity contribution in [2.75, 3.05) is 12.3 Å². The van der Waals surface area contributed by atoms with Gasteiger partial charge in [-0.1, -0.05) is 12.1 Å². The molecule has 0 aliphatic heterocycles. The molecule has 0 aliphatic rings. The summed E-state index contributed by atoms with van der Waals surface area (Å²) in [5.41, 5.74) is 11.4. The molecule has 1 aromatic carbocycles. The molecular weight excluding hydrogens is 192 g/mol. The van der Waals surface area contributed by atoms with Gasteiger partial charge in [0, 0.05) is 5.69 Å². The van der Waals surface area contributed by atoms with Crippen LogP contribution in [0.2, 0.25) is 0 Å². The van der Waals surface area contributed by atoms with E-state index in [9.17, 15) is 9.90 Å². The van der Waals surface area contributed by atoms with Crippen LogP contribution in [-0.2, 0) is 10.2 Å². The maximum atomic E-state index is 11.2. The van der Waals surface area contributed by atoms with E-state index in [1.165, 1.54) is 0 Å². The number of anilines is 1. The molecule has 0 fully saturated rings. The number of aliphatic carboxylic acids is 1. The topological polar surface area (TPSA) is 89.3 Å². The van der Waals surface area contributed by atoms with Crippen LogP contribution < -0.4 is 11.5 Å². The number of nitrogens with two attached hydrogens (primary N) is 2. The Balaban J connectivity index is 3.15. The van der Waals surface area contributed by atoms with Crippen molar-refractivity contribution < 1.29 is 9.90 Å². The summed E-state index contributed by atoms with van der Waals surface area (Å²) in [6.45, 7) is 1.99. The van der Waals surface area contributed by atoms with E-state index in [0.717, 1.165) is 0 Å². The van der Waals surface area contributed by atoms with Crippen molar-refractivity contribution in [3.8, 4) is 0 Å². The Morgan fingerprint density at radius 1 is 1.53 bits per heavy atom. The molecule has 82 valence electrons. The van der Waals surface area contributed by atoms with Crippen molar-refractivity contribution >= 4 is 11.7 Å². The second kappa shape index (κ2) is 4.31. The molecule has 0 aromatic heterocycles. The molecule has 0 saturated carbocycles. The Bertz CT molecular complexity index is 365. The molecule has 0 amide bonds. The fourth-order valence-electron chi connectivity index (χ4n) is 1.55. The Morgan fingerprint density at radius 3 is 2.67 bits per heavy atom. The number of hydrogen-bond acceptors (Lipinski definition) is 3. The highest BCUT2D eigenvalue weighted by molar-refractivity contribution is 5.81. The molecule has 0 aliphatic carbocycles. The van der Waals surface area contributed by atoms with E-state index in [0.29, 0.717) is 24.2 Å². The monoisotopic (exact) mass is 208 g/mol. The largest absolute Gasteiger partial charge is 0.481 e. The van der Waals surface area contributed by atoms with Crippen LogP contribution in [0.25, 0.3) is 0 Å². The lowest BCUT2D eigenvalue weighted by Crippen LogP contribution is -2.34. The second-order valence-corrected chi connectivity index (χ2v) is 3.80. The van der Waals surface area contributed by atoms with E-state index in [1.807, 2.05) is 0 Å². The molecular formula is C11H16N2O2. The molecule has 0 spiro atoms. The van der Waals surface area contributed by atoms with Gasteiger partial charge in [-0.05, 0) is 37.6 Å². The summed E-state index contributed by atoms with van der Waals surface area (Å²) in [6.07, 6.45) is 0.395. The van der Waals surface area contributed by atoms with Gasteiger partial charge in [0.25, 0.3) is 0 Å². The van der Waals surface area contributed by atoms with Gasteiger partial charge in [-0.25, -0.2) is 0 Å². The fraction of sp³-hybridized carbons (Fsp3) is 0.364. The molecule has 1 aromatic rings. The molecule has 1 atom stereocenters. The van der Waals surface area contributed by atoms with Crippen molar-refractivity contribution in [1.29, 1.82) is 0 Å². The van der Waals surface area contributed by atoms with Crippen LogP contribution in [0.4, 0.5) is 5.69 Å². The van der Waals surface area contributed by atoms with Crippen LogP contribution in [0.3, 0.4) is 0 Å². The highest BCUT2D eigenvalue weighted by Crippen LogP contribution is 2.28. The molecule has 4 heteroatoms. The summed E-state index contributed by atoms with van der Waals surface area (Å²) >= 11 is 0. The first-order valence-corrected chi connectivity index (χ1v) is 4.80. The van der Waals surface area contributed by atoms with E-state index in [2.05, 4.69) is 0 Å². The predicted octanol–water partition coefficient (Wildman–Crippen LogP) is 0.960. The zero-order valence-electron chi connectivity index (χ0n) is 8.73. The first kappa shape index (κ1) is 11.5. The predicted molar refractivity (Wildman–Crippen MR) is 59.5 cm³/mol. The number of nitrogen functional groups attached to an aromatic ring is 1. The van der Waals surface area contributed by atoms with Gasteiger partial charge in [-0.15, -0.1) is 0 Å². The van der Waals surface area contributed by atoms with Crippen LogP contribution in [0.15, 0.2) is 24.3 Å². The molecule has 5 N–H and O–H groups in total. The fourth-order valence-corrected chi connectivity index (χ4v) is 1.55. The zero-order valence-corrected chi connectivity index (χ0v) is 8.73. The summed E-state index contributed by atoms with van der Waals surface area (Å²) < 4.78 is 0. The SMILES string of the molecule is CC(CCN)(C(=O)O)c1cccc(N)c1. The Morgan fingerprint density at radius 2 is 2.20 bits per heavy atom. The smallest absolute Gasteiger partial charge is 0.313 e. The third-order valence-corrected chi connectivity index (χ3v) is 2.64. The quantitative estimate of drug-likeness (QED) is 0.643. The van der Waals surface area contributed by atoms with Crippen molar-refractivity contribution in [3.63, 3.8) is 0 Å². The second-order valence-electron chi connectivity index (χ2n) is 3.80. The number of carbonyl (C=O) groups is 1. The standard InChI is InChI=1S/C11H16N2O2/c1-11(5-6-12,10(14)15)8-3-2-4-9(13)7-8/h2-4,7H,5-6,12-13H2,1H3,(H,14,15). The molecule has 4 nitrogen and oxygen atoms in total. The minimum atomic E-state index is -0.954. The lowest BCUT2D eigenvalue weighted by Gasteiger charge is -2.24. The van der Waals surface area contributed by atoms with Crippen LogP contribution in [-0.4, -0.2) is 17.6 Å². The van der Waals surface area contributed by atoms with Gasteiger partial charge in [-0.3, -0.25) is 4.79 Å². The van der Waals surface area contributed by atoms with Crippen LogP contribution >= 0.6 is 0 Å². The molecule has 0 saturated heterocycles. The average molecular weight is 208 g/mol. The van der Waals surface area contributed by atoms with Gasteiger partial charge < -0.3 is 16.6 Å². The third kappa shape index (κ3) is 2.27. The van der Waals surface area contributed by atoms with Gasteiger partial charge >= 0.3 is 5.97 Å². The van der Waals surface area contributed by atoms with Crippen molar-refractivity contribution in [2.24, 2.45) is 5.73 Å². The molecule has 1 unspecified atom stereocenters. The number of benzene rings is 1. The molecule has 15 heavy (non-hydrogen) atoms. The first-order valence-electron chi connectivity index (χ1n) is 4.80. The van der Waals surface area contributed by atoms with Crippen molar-refractivity contribution in [3.05, 3.63) is 29.8 Å². The summed E-state index contributed by atoms with van der Waals surface area (Å²) in [5, 5.41) is 9.21. The maximum Gasteiger partial charge on any atom is 0.313 e. The van der Waals surface area contributed by atoms with Gasteiger partial charge in [0.15, 0.2) is 0 Å². The van der Waals surface area contributed by atoms with Crippen LogP contribution in [0.5, 0.6) is 0 Å². The van der Waals surface area contributed by atoms with Crippen molar-refractivity contribution in [2.45, 2.75) is 18.8 Å². The summed E-state index contributed by atoms with van der Waals surface area (Å²) in [7, 11) is 0. The summed E-state index contributed by atoms with van der Waals surface area (Å²) in [5.74, 6) is -0.876. The lowest BCUT2D eigenvalue weighted by molar-refractivity contribution is -0.143. The number of rotatable bonds is 4. The van der Waals surface area contributed by atoms with Gasteiger partial charge in [0.05, 0.1) is 5.41 Å². The highest BCUT2D eigenvalue weighted by Gasteiger charge is 2.34. The van der Waals surface area contributed by atoms with Crippen molar-refractivity contribution in [1.82, 2.24) is 0 Å². The molecule has 0 bridgehead atoms. The Labute approximate surface area is 88.9 Å². The normalized spacial score (nSPS) is 14.5. The highest BCUT2D eigenvalue weighted by atomic mass is 16.4. The number of carboxylic acids is 1. The number of carboxylic acid groups (broad SMARTS) is 1. The van der Waals surface area contributed by atoms with Gasteiger partial charge in [0.2, 0.25) is 0 Å². The van der Waals surface area contributed by atoms with Gasteiger partial charge in [-0.2, -0.15) is 0 Å². The lowest BCUT2D eigenvalue weighted by atomic mass is 9.79. The van der Waals surface area contributed by atoms with E-state index >= 15 is 0 Å². The van der Waals surface area contributed by atoms with E-state index in [-0.39, 0.29) is 0 Å². The van der Waals surface area contributed by atoms with E-state index < -0.39 is 11.4 Å². The Hall–Kier alpha value is -1.55. The first-order chi connectivity index (χ1) is 7.00. The minimum absolute atomic E-state index is 0.331. The van der Waals surface area contributed by atoms with Crippen LogP contribution in [0, 0.1) is 0 Å².